The number of aryl methyl sites for hydroxylation is 2. The summed E-state index contributed by atoms with van der Waals surface area (Å²) in [5.41, 5.74) is 2.79. The van der Waals surface area contributed by atoms with Crippen LogP contribution in [-0.2, 0) is 16.6 Å². The number of carboxylic acids is 1. The molecule has 124 valence electrons. The minimum Gasteiger partial charge on any atom is -0.481 e. The molecular weight excluding hydrogens is 330 g/mol. The number of carbonyl (C=O) groups is 2. The number of rotatable bonds is 4. The first-order valence-corrected chi connectivity index (χ1v) is 8.05. The molecule has 0 radical (unpaired) electrons. The molecule has 0 spiro atoms. The monoisotopic (exact) mass is 345 g/mol. The van der Waals surface area contributed by atoms with Crippen molar-refractivity contribution in [2.45, 2.75) is 18.6 Å². The van der Waals surface area contributed by atoms with Gasteiger partial charge in [0.1, 0.15) is 5.25 Å². The molecule has 1 aromatic carbocycles. The average Bonchev–Trinajstić information content (AvgIpc) is 2.99. The molecule has 2 N–H and O–H groups in total. The molecule has 1 atom stereocenters. The van der Waals surface area contributed by atoms with Crippen LogP contribution in [0.1, 0.15) is 17.7 Å². The molecule has 3 rings (SSSR count). The molecule has 8 nitrogen and oxygen atoms in total. The first-order chi connectivity index (χ1) is 11.4. The molecule has 24 heavy (non-hydrogen) atoms. The zero-order valence-electron chi connectivity index (χ0n) is 13.1. The number of fused-ring (bicyclic) bond motifs is 1. The summed E-state index contributed by atoms with van der Waals surface area (Å²) in [5, 5.41) is 24.3. The van der Waals surface area contributed by atoms with Crippen molar-refractivity contribution in [3.05, 3.63) is 29.5 Å². The fraction of sp³-hybridized carbons (Fsp3) is 0.267. The van der Waals surface area contributed by atoms with Gasteiger partial charge in [0.15, 0.2) is 5.17 Å². The summed E-state index contributed by atoms with van der Waals surface area (Å²) in [4.78, 5) is 22.3. The minimum atomic E-state index is -1.02. The number of aliphatic carboxylic acids is 1. The summed E-state index contributed by atoms with van der Waals surface area (Å²) in [6.07, 6.45) is 1.32. The number of carbonyl (C=O) groups excluding carboxylic acids is 1. The lowest BCUT2D eigenvalue weighted by Gasteiger charge is -1.97. The number of carboxylic acid groups (broad SMARTS) is 1. The van der Waals surface area contributed by atoms with Crippen molar-refractivity contribution >= 4 is 45.9 Å². The number of thioether (sulfide) groups is 1. The summed E-state index contributed by atoms with van der Waals surface area (Å²) in [6.45, 7) is 2.00. The van der Waals surface area contributed by atoms with E-state index in [1.165, 1.54) is 0 Å². The standard InChI is InChI=1S/C15H15N5O3S/c1-8-10-4-3-9(5-11(10)19-20(8)2)7-16-18-15-17-14(23)12(24-15)6-13(21)22/h3-5,7,12H,6H2,1-2H3,(H,21,22)(H,17,18,23). The maximum atomic E-state index is 11.6. The zero-order chi connectivity index (χ0) is 17.3. The first-order valence-electron chi connectivity index (χ1n) is 7.18. The topological polar surface area (TPSA) is 109 Å². The normalized spacial score (nSPS) is 19.5. The van der Waals surface area contributed by atoms with E-state index in [1.54, 1.807) is 6.21 Å². The van der Waals surface area contributed by atoms with Gasteiger partial charge in [-0.2, -0.15) is 10.2 Å². The van der Waals surface area contributed by atoms with Crippen LogP contribution in [0.4, 0.5) is 0 Å². The van der Waals surface area contributed by atoms with Crippen LogP contribution in [-0.4, -0.2) is 43.4 Å². The predicted molar refractivity (Wildman–Crippen MR) is 92.3 cm³/mol. The first kappa shape index (κ1) is 16.2. The van der Waals surface area contributed by atoms with E-state index in [-0.39, 0.29) is 12.3 Å². The third-order valence-electron chi connectivity index (χ3n) is 3.65. The van der Waals surface area contributed by atoms with Gasteiger partial charge in [-0.15, -0.1) is 5.10 Å². The number of hydrogen-bond donors (Lipinski definition) is 2. The number of nitrogens with one attached hydrogen (secondary N) is 1. The van der Waals surface area contributed by atoms with Crippen LogP contribution in [0, 0.1) is 6.92 Å². The van der Waals surface area contributed by atoms with Crippen molar-refractivity contribution in [3.63, 3.8) is 0 Å². The SMILES string of the molecule is Cc1c2ccc(C=NN=C3NC(=O)C(CC(=O)O)S3)cc2nn1C. The van der Waals surface area contributed by atoms with Gasteiger partial charge < -0.3 is 10.4 Å². The molecule has 1 saturated heterocycles. The van der Waals surface area contributed by atoms with Crippen LogP contribution >= 0.6 is 11.8 Å². The fourth-order valence-corrected chi connectivity index (χ4v) is 3.24. The third-order valence-corrected chi connectivity index (χ3v) is 4.72. The number of amidine groups is 1. The van der Waals surface area contributed by atoms with E-state index in [2.05, 4.69) is 20.6 Å². The van der Waals surface area contributed by atoms with E-state index in [0.717, 1.165) is 33.9 Å². The Balaban J connectivity index is 1.72. The lowest BCUT2D eigenvalue weighted by Crippen LogP contribution is -2.26. The van der Waals surface area contributed by atoms with Crippen molar-refractivity contribution in [2.24, 2.45) is 17.3 Å². The Bertz CT molecular complexity index is 887. The van der Waals surface area contributed by atoms with Gasteiger partial charge in [0, 0.05) is 18.1 Å². The molecule has 1 fully saturated rings. The van der Waals surface area contributed by atoms with E-state index in [9.17, 15) is 9.59 Å². The average molecular weight is 345 g/mol. The summed E-state index contributed by atoms with van der Waals surface area (Å²) in [6, 6.07) is 5.79. The highest BCUT2D eigenvalue weighted by molar-refractivity contribution is 8.15. The van der Waals surface area contributed by atoms with E-state index >= 15 is 0 Å². The smallest absolute Gasteiger partial charge is 0.305 e. The summed E-state index contributed by atoms with van der Waals surface area (Å²) in [5.74, 6) is -1.38. The second kappa shape index (κ2) is 6.44. The highest BCUT2D eigenvalue weighted by Crippen LogP contribution is 2.22. The number of benzene rings is 1. The molecule has 0 saturated carbocycles. The van der Waals surface area contributed by atoms with Gasteiger partial charge in [-0.25, -0.2) is 0 Å². The Morgan fingerprint density at radius 3 is 3.08 bits per heavy atom. The summed E-state index contributed by atoms with van der Waals surface area (Å²) < 4.78 is 1.82. The highest BCUT2D eigenvalue weighted by atomic mass is 32.2. The van der Waals surface area contributed by atoms with Crippen LogP contribution < -0.4 is 5.32 Å². The second-order valence-corrected chi connectivity index (χ2v) is 6.52. The van der Waals surface area contributed by atoms with Crippen molar-refractivity contribution in [1.82, 2.24) is 15.1 Å². The second-order valence-electron chi connectivity index (χ2n) is 5.33. The Labute approximate surface area is 141 Å². The Morgan fingerprint density at radius 1 is 1.54 bits per heavy atom. The predicted octanol–water partition coefficient (Wildman–Crippen LogP) is 1.28. The molecule has 2 aromatic rings. The molecule has 1 aliphatic rings. The van der Waals surface area contributed by atoms with Gasteiger partial charge in [-0.1, -0.05) is 23.9 Å². The van der Waals surface area contributed by atoms with Gasteiger partial charge in [0.25, 0.3) is 0 Å². The van der Waals surface area contributed by atoms with Crippen LogP contribution in [0.15, 0.2) is 28.4 Å². The summed E-state index contributed by atoms with van der Waals surface area (Å²) in [7, 11) is 1.89. The van der Waals surface area contributed by atoms with Gasteiger partial charge in [-0.05, 0) is 18.6 Å². The molecule has 1 aliphatic heterocycles. The zero-order valence-corrected chi connectivity index (χ0v) is 13.9. The Morgan fingerprint density at radius 2 is 2.33 bits per heavy atom. The highest BCUT2D eigenvalue weighted by Gasteiger charge is 2.32. The largest absolute Gasteiger partial charge is 0.481 e. The van der Waals surface area contributed by atoms with Gasteiger partial charge in [0.2, 0.25) is 5.91 Å². The molecule has 9 heteroatoms. The maximum absolute atomic E-state index is 11.6. The van der Waals surface area contributed by atoms with Gasteiger partial charge in [0.05, 0.1) is 18.2 Å². The van der Waals surface area contributed by atoms with Crippen LogP contribution in [0.25, 0.3) is 10.9 Å². The fourth-order valence-electron chi connectivity index (χ4n) is 2.32. The maximum Gasteiger partial charge on any atom is 0.305 e. The number of hydrogen-bond acceptors (Lipinski definition) is 6. The number of amides is 1. The van der Waals surface area contributed by atoms with Crippen molar-refractivity contribution in [2.75, 3.05) is 0 Å². The van der Waals surface area contributed by atoms with Gasteiger partial charge in [-0.3, -0.25) is 14.3 Å². The van der Waals surface area contributed by atoms with Crippen LogP contribution in [0.5, 0.6) is 0 Å². The Kier molecular flexibility index (Phi) is 4.34. The Hall–Kier alpha value is -2.68. The lowest BCUT2D eigenvalue weighted by molar-refractivity contribution is -0.138. The van der Waals surface area contributed by atoms with Crippen LogP contribution in [0.2, 0.25) is 0 Å². The molecule has 1 aromatic heterocycles. The number of aromatic nitrogens is 2. The lowest BCUT2D eigenvalue weighted by atomic mass is 10.1. The molecule has 1 unspecified atom stereocenters. The van der Waals surface area contributed by atoms with Crippen LogP contribution in [0.3, 0.4) is 0 Å². The van der Waals surface area contributed by atoms with E-state index in [1.807, 2.05) is 36.9 Å². The quantitative estimate of drug-likeness (QED) is 0.641. The van der Waals surface area contributed by atoms with Gasteiger partial charge >= 0.3 is 5.97 Å². The van der Waals surface area contributed by atoms with E-state index in [4.69, 9.17) is 5.11 Å². The van der Waals surface area contributed by atoms with Crippen molar-refractivity contribution in [1.29, 1.82) is 0 Å². The van der Waals surface area contributed by atoms with Crippen molar-refractivity contribution < 1.29 is 14.7 Å². The molecule has 2 heterocycles. The minimum absolute atomic E-state index is 0.241. The third kappa shape index (κ3) is 3.30. The van der Waals surface area contributed by atoms with E-state index < -0.39 is 11.2 Å². The van der Waals surface area contributed by atoms with Crippen molar-refractivity contribution in [3.8, 4) is 0 Å². The molecule has 1 amide bonds. The molecule has 0 bridgehead atoms. The molecular formula is C15H15N5O3S. The van der Waals surface area contributed by atoms with E-state index in [0.29, 0.717) is 5.17 Å². The molecule has 0 aliphatic carbocycles. The summed E-state index contributed by atoms with van der Waals surface area (Å²) >= 11 is 1.07. The number of nitrogens with zero attached hydrogens (tertiary/aromatic N) is 4.